The van der Waals surface area contributed by atoms with Crippen LogP contribution in [-0.2, 0) is 4.79 Å². The SMILES string of the molecule is CCNC(=NCCCN1CCCCCC1=O)N1CCN(c2ccccc2)CC1. The van der Waals surface area contributed by atoms with Crippen LogP contribution in [0.3, 0.4) is 0 Å². The Morgan fingerprint density at radius 2 is 1.82 bits per heavy atom. The first-order valence-electron chi connectivity index (χ1n) is 10.9. The lowest BCUT2D eigenvalue weighted by Gasteiger charge is -2.37. The van der Waals surface area contributed by atoms with Gasteiger partial charge in [0.25, 0.3) is 0 Å². The molecule has 2 saturated heterocycles. The largest absolute Gasteiger partial charge is 0.368 e. The average Bonchev–Trinajstić information content (AvgIpc) is 2.95. The van der Waals surface area contributed by atoms with Crippen molar-refractivity contribution in [2.24, 2.45) is 4.99 Å². The van der Waals surface area contributed by atoms with Gasteiger partial charge in [0.2, 0.25) is 5.91 Å². The summed E-state index contributed by atoms with van der Waals surface area (Å²) in [7, 11) is 0. The third-order valence-electron chi connectivity index (χ3n) is 5.55. The predicted octanol–water partition coefficient (Wildman–Crippen LogP) is 2.57. The topological polar surface area (TPSA) is 51.2 Å². The highest BCUT2D eigenvalue weighted by Gasteiger charge is 2.20. The molecule has 1 aromatic rings. The smallest absolute Gasteiger partial charge is 0.222 e. The second kappa shape index (κ2) is 10.9. The van der Waals surface area contributed by atoms with E-state index in [-0.39, 0.29) is 0 Å². The fourth-order valence-corrected chi connectivity index (χ4v) is 3.96. The lowest BCUT2D eigenvalue weighted by Crippen LogP contribution is -2.52. The maximum Gasteiger partial charge on any atom is 0.222 e. The Kier molecular flexibility index (Phi) is 8.00. The lowest BCUT2D eigenvalue weighted by atomic mass is 10.2. The van der Waals surface area contributed by atoms with Gasteiger partial charge in [-0.3, -0.25) is 9.79 Å². The Balaban J connectivity index is 1.47. The van der Waals surface area contributed by atoms with Crippen LogP contribution in [0.1, 0.15) is 39.0 Å². The second-order valence-electron chi connectivity index (χ2n) is 7.59. The van der Waals surface area contributed by atoms with E-state index in [4.69, 9.17) is 4.99 Å². The Bertz CT molecular complexity index is 625. The first-order chi connectivity index (χ1) is 13.8. The molecule has 1 N–H and O–H groups in total. The number of guanidine groups is 1. The number of hydrogen-bond donors (Lipinski definition) is 1. The summed E-state index contributed by atoms with van der Waals surface area (Å²) in [5.41, 5.74) is 1.30. The number of hydrogen-bond acceptors (Lipinski definition) is 3. The monoisotopic (exact) mass is 385 g/mol. The van der Waals surface area contributed by atoms with Crippen LogP contribution in [0.4, 0.5) is 5.69 Å². The highest BCUT2D eigenvalue weighted by atomic mass is 16.2. The maximum atomic E-state index is 12.1. The van der Waals surface area contributed by atoms with Crippen molar-refractivity contribution in [3.05, 3.63) is 30.3 Å². The van der Waals surface area contributed by atoms with Crippen molar-refractivity contribution >= 4 is 17.6 Å². The number of nitrogens with one attached hydrogen (secondary N) is 1. The van der Waals surface area contributed by atoms with Gasteiger partial charge in [-0.1, -0.05) is 24.6 Å². The van der Waals surface area contributed by atoms with Crippen molar-refractivity contribution in [2.45, 2.75) is 39.0 Å². The van der Waals surface area contributed by atoms with E-state index in [1.807, 2.05) is 4.90 Å². The Morgan fingerprint density at radius 1 is 1.04 bits per heavy atom. The van der Waals surface area contributed by atoms with Crippen LogP contribution in [0.15, 0.2) is 35.3 Å². The molecule has 3 rings (SSSR count). The zero-order chi connectivity index (χ0) is 19.6. The van der Waals surface area contributed by atoms with Crippen LogP contribution in [-0.4, -0.2) is 74.0 Å². The van der Waals surface area contributed by atoms with E-state index >= 15 is 0 Å². The molecule has 2 fully saturated rings. The number of amides is 1. The molecule has 0 aromatic heterocycles. The van der Waals surface area contributed by atoms with Crippen molar-refractivity contribution in [3.63, 3.8) is 0 Å². The molecule has 1 aromatic carbocycles. The standard InChI is InChI=1S/C22H35N5O/c1-2-23-22(24-13-9-15-26-14-8-4-7-12-21(26)28)27-18-16-25(17-19-27)20-10-5-3-6-11-20/h3,5-6,10-11H,2,4,7-9,12-19H2,1H3,(H,23,24). The minimum atomic E-state index is 0.324. The molecule has 0 saturated carbocycles. The van der Waals surface area contributed by atoms with Gasteiger partial charge in [-0.05, 0) is 38.3 Å². The molecule has 2 aliphatic rings. The summed E-state index contributed by atoms with van der Waals surface area (Å²) in [4.78, 5) is 23.8. The molecule has 6 nitrogen and oxygen atoms in total. The van der Waals surface area contributed by atoms with Gasteiger partial charge in [0, 0.05) is 64.5 Å². The highest BCUT2D eigenvalue weighted by molar-refractivity contribution is 5.80. The van der Waals surface area contributed by atoms with Gasteiger partial charge in [-0.15, -0.1) is 0 Å². The van der Waals surface area contributed by atoms with E-state index in [9.17, 15) is 4.79 Å². The van der Waals surface area contributed by atoms with Crippen LogP contribution in [0, 0.1) is 0 Å². The Hall–Kier alpha value is -2.24. The first kappa shape index (κ1) is 20.5. The molecular formula is C22H35N5O. The van der Waals surface area contributed by atoms with Crippen molar-refractivity contribution in [3.8, 4) is 0 Å². The minimum absolute atomic E-state index is 0.324. The summed E-state index contributed by atoms with van der Waals surface area (Å²) in [5.74, 6) is 1.34. The van der Waals surface area contributed by atoms with Crippen LogP contribution in [0.2, 0.25) is 0 Å². The van der Waals surface area contributed by atoms with E-state index in [2.05, 4.69) is 52.4 Å². The van der Waals surface area contributed by atoms with Crippen LogP contribution in [0.25, 0.3) is 0 Å². The van der Waals surface area contributed by atoms with E-state index in [0.29, 0.717) is 5.91 Å². The molecule has 0 radical (unpaired) electrons. The summed E-state index contributed by atoms with van der Waals surface area (Å²) in [6.07, 6.45) is 5.03. The number of benzene rings is 1. The van der Waals surface area contributed by atoms with Crippen LogP contribution < -0.4 is 10.2 Å². The normalized spacial score (nSPS) is 19.0. The Morgan fingerprint density at radius 3 is 2.57 bits per heavy atom. The van der Waals surface area contributed by atoms with E-state index in [1.165, 1.54) is 12.1 Å². The molecule has 0 atom stereocenters. The fraction of sp³-hybridized carbons (Fsp3) is 0.636. The molecular weight excluding hydrogens is 350 g/mol. The number of rotatable bonds is 6. The average molecular weight is 386 g/mol. The Labute approximate surface area is 169 Å². The second-order valence-corrected chi connectivity index (χ2v) is 7.59. The van der Waals surface area contributed by atoms with Crippen LogP contribution in [0.5, 0.6) is 0 Å². The molecule has 0 spiro atoms. The third-order valence-corrected chi connectivity index (χ3v) is 5.55. The molecule has 28 heavy (non-hydrogen) atoms. The number of carbonyl (C=O) groups excluding carboxylic acids is 1. The predicted molar refractivity (Wildman–Crippen MR) is 116 cm³/mol. The highest BCUT2D eigenvalue weighted by Crippen LogP contribution is 2.15. The van der Waals surface area contributed by atoms with E-state index < -0.39 is 0 Å². The molecule has 0 bridgehead atoms. The number of piperazine rings is 1. The van der Waals surface area contributed by atoms with Crippen LogP contribution >= 0.6 is 0 Å². The molecule has 0 aliphatic carbocycles. The molecule has 6 heteroatoms. The fourth-order valence-electron chi connectivity index (χ4n) is 3.96. The van der Waals surface area contributed by atoms with Gasteiger partial charge in [0.15, 0.2) is 5.96 Å². The summed E-state index contributed by atoms with van der Waals surface area (Å²) in [6.45, 7) is 9.50. The summed E-state index contributed by atoms with van der Waals surface area (Å²) in [6, 6.07) is 10.6. The van der Waals surface area contributed by atoms with Gasteiger partial charge in [-0.25, -0.2) is 0 Å². The summed E-state index contributed by atoms with van der Waals surface area (Å²) in [5, 5.41) is 3.44. The molecule has 0 unspecified atom stereocenters. The van der Waals surface area contributed by atoms with E-state index in [1.54, 1.807) is 0 Å². The number of aliphatic imine (C=N–C) groups is 1. The lowest BCUT2D eigenvalue weighted by molar-refractivity contribution is -0.130. The summed E-state index contributed by atoms with van der Waals surface area (Å²) >= 11 is 0. The molecule has 2 heterocycles. The number of likely N-dealkylation sites (tertiary alicyclic amines) is 1. The maximum absolute atomic E-state index is 12.1. The molecule has 1 amide bonds. The zero-order valence-corrected chi connectivity index (χ0v) is 17.3. The van der Waals surface area contributed by atoms with Gasteiger partial charge in [0.1, 0.15) is 0 Å². The quantitative estimate of drug-likeness (QED) is 0.465. The van der Waals surface area contributed by atoms with Crippen molar-refractivity contribution in [2.75, 3.05) is 57.3 Å². The number of carbonyl (C=O) groups is 1. The molecule has 2 aliphatic heterocycles. The van der Waals surface area contributed by atoms with Gasteiger partial charge in [0.05, 0.1) is 0 Å². The summed E-state index contributed by atoms with van der Waals surface area (Å²) < 4.78 is 0. The number of para-hydroxylation sites is 1. The first-order valence-corrected chi connectivity index (χ1v) is 10.9. The minimum Gasteiger partial charge on any atom is -0.368 e. The molecule has 154 valence electrons. The number of nitrogens with zero attached hydrogens (tertiary/aromatic N) is 4. The third kappa shape index (κ3) is 5.88. The zero-order valence-electron chi connectivity index (χ0n) is 17.3. The van der Waals surface area contributed by atoms with Crippen molar-refractivity contribution < 1.29 is 4.79 Å². The van der Waals surface area contributed by atoms with Crippen molar-refractivity contribution in [1.29, 1.82) is 0 Å². The van der Waals surface area contributed by atoms with Gasteiger partial charge >= 0.3 is 0 Å². The van der Waals surface area contributed by atoms with Gasteiger partial charge < -0.3 is 20.0 Å². The van der Waals surface area contributed by atoms with E-state index in [0.717, 1.165) is 84.0 Å². The number of anilines is 1. The van der Waals surface area contributed by atoms with Gasteiger partial charge in [-0.2, -0.15) is 0 Å². The van der Waals surface area contributed by atoms with Crippen molar-refractivity contribution in [1.82, 2.24) is 15.1 Å².